The van der Waals surface area contributed by atoms with Crippen molar-refractivity contribution in [3.05, 3.63) is 60.7 Å². The Bertz CT molecular complexity index is 574. The molecule has 0 saturated carbocycles. The van der Waals surface area contributed by atoms with E-state index in [0.717, 1.165) is 30.8 Å². The molecule has 1 saturated heterocycles. The number of anilines is 2. The van der Waals surface area contributed by atoms with E-state index in [4.69, 9.17) is 0 Å². The maximum absolute atomic E-state index is 11.5. The van der Waals surface area contributed by atoms with Crippen molar-refractivity contribution in [3.8, 4) is 0 Å². The molecular weight excluding hydrogens is 295 g/mol. The molecule has 22 heavy (non-hydrogen) atoms. The molecule has 4 nitrogen and oxygen atoms in total. The van der Waals surface area contributed by atoms with E-state index in [1.807, 2.05) is 60.7 Å². The summed E-state index contributed by atoms with van der Waals surface area (Å²) < 4.78 is 4.23. The van der Waals surface area contributed by atoms with Crippen LogP contribution >= 0.6 is 7.79 Å². The van der Waals surface area contributed by atoms with Crippen LogP contribution in [-0.4, -0.2) is 30.4 Å². The van der Waals surface area contributed by atoms with Gasteiger partial charge in [0.25, 0.3) is 0 Å². The summed E-state index contributed by atoms with van der Waals surface area (Å²) in [5, 5.41) is 0. The molecule has 0 atom stereocenters. The second kappa shape index (κ2) is 6.47. The van der Waals surface area contributed by atoms with Crippen molar-refractivity contribution in [2.45, 2.75) is 6.42 Å². The Morgan fingerprint density at radius 1 is 0.909 bits per heavy atom. The van der Waals surface area contributed by atoms with Gasteiger partial charge in [0.2, 0.25) is 0 Å². The van der Waals surface area contributed by atoms with Crippen molar-refractivity contribution in [2.24, 2.45) is 0 Å². The molecule has 2 aromatic carbocycles. The standard InChI is InChI=1S/C17H21N2O2P/c20-14-7-15-22(21)18(16-8-3-1-4-9-16)12-13-19(22)17-10-5-2-6-11-17/h1-6,8-11,14,21-22H,7,12-13,15H2. The Morgan fingerprint density at radius 2 is 1.36 bits per heavy atom. The van der Waals surface area contributed by atoms with Crippen LogP contribution in [0, 0.1) is 0 Å². The van der Waals surface area contributed by atoms with Crippen molar-refractivity contribution in [2.75, 3.05) is 28.6 Å². The molecule has 1 N–H and O–H groups in total. The van der Waals surface area contributed by atoms with Crippen LogP contribution in [0.25, 0.3) is 0 Å². The molecule has 0 aliphatic carbocycles. The maximum atomic E-state index is 11.5. The van der Waals surface area contributed by atoms with E-state index >= 15 is 0 Å². The molecule has 0 unspecified atom stereocenters. The van der Waals surface area contributed by atoms with Gasteiger partial charge < -0.3 is 0 Å². The molecule has 2 aromatic rings. The molecule has 0 aromatic heterocycles. The predicted octanol–water partition coefficient (Wildman–Crippen LogP) is 3.09. The minimum absolute atomic E-state index is 0.384. The third kappa shape index (κ3) is 2.72. The number of hydrogen-bond acceptors (Lipinski definition) is 4. The molecule has 0 bridgehead atoms. The second-order valence-electron chi connectivity index (χ2n) is 5.45. The minimum atomic E-state index is -2.91. The van der Waals surface area contributed by atoms with Gasteiger partial charge in [-0.2, -0.15) is 0 Å². The SMILES string of the molecule is O=CCC[PH]1(O)N(c2ccccc2)CCN1c1ccccc1. The van der Waals surface area contributed by atoms with Crippen molar-refractivity contribution in [1.29, 1.82) is 0 Å². The van der Waals surface area contributed by atoms with Crippen LogP contribution in [0.5, 0.6) is 0 Å². The fourth-order valence-corrected chi connectivity index (χ4v) is 6.49. The van der Waals surface area contributed by atoms with E-state index in [9.17, 15) is 9.69 Å². The fourth-order valence-electron chi connectivity index (χ4n) is 3.11. The van der Waals surface area contributed by atoms with Gasteiger partial charge in [-0.05, 0) is 0 Å². The monoisotopic (exact) mass is 316 g/mol. The molecule has 116 valence electrons. The Morgan fingerprint density at radius 3 is 1.77 bits per heavy atom. The summed E-state index contributed by atoms with van der Waals surface area (Å²) in [6, 6.07) is 20.0. The molecule has 0 amide bonds. The van der Waals surface area contributed by atoms with Crippen LogP contribution in [0.3, 0.4) is 0 Å². The second-order valence-corrected chi connectivity index (χ2v) is 8.58. The van der Waals surface area contributed by atoms with E-state index in [2.05, 4.69) is 9.34 Å². The van der Waals surface area contributed by atoms with Crippen LogP contribution in [-0.2, 0) is 4.79 Å². The molecule has 1 aliphatic rings. The Kier molecular flexibility index (Phi) is 4.41. The van der Waals surface area contributed by atoms with Gasteiger partial charge >= 0.3 is 131 Å². The number of nitrogens with zero attached hydrogens (tertiary/aromatic N) is 2. The molecule has 5 heteroatoms. The van der Waals surface area contributed by atoms with Gasteiger partial charge in [0.15, 0.2) is 0 Å². The average Bonchev–Trinajstić information content (AvgIpc) is 2.92. The van der Waals surface area contributed by atoms with Gasteiger partial charge in [-0.3, -0.25) is 0 Å². The first kappa shape index (κ1) is 15.0. The van der Waals surface area contributed by atoms with Gasteiger partial charge in [0.05, 0.1) is 0 Å². The first-order valence-corrected chi connectivity index (χ1v) is 9.62. The number of rotatable bonds is 5. The van der Waals surface area contributed by atoms with Gasteiger partial charge in [-0.15, -0.1) is 0 Å². The van der Waals surface area contributed by atoms with Crippen molar-refractivity contribution in [3.63, 3.8) is 0 Å². The van der Waals surface area contributed by atoms with Crippen molar-refractivity contribution < 1.29 is 9.69 Å². The normalized spacial score (nSPS) is 18.2. The van der Waals surface area contributed by atoms with Crippen molar-refractivity contribution >= 4 is 25.5 Å². The first-order valence-electron chi connectivity index (χ1n) is 7.57. The molecule has 1 aliphatic heterocycles. The quantitative estimate of drug-likeness (QED) is 0.680. The Balaban J connectivity index is 1.97. The fraction of sp³-hybridized carbons (Fsp3) is 0.235. The van der Waals surface area contributed by atoms with Gasteiger partial charge in [0, 0.05) is 0 Å². The number of benzene rings is 2. The number of para-hydroxylation sites is 2. The zero-order chi connectivity index (χ0) is 15.4. The topological polar surface area (TPSA) is 43.8 Å². The molecule has 1 fully saturated rings. The van der Waals surface area contributed by atoms with Crippen molar-refractivity contribution in [1.82, 2.24) is 0 Å². The molecule has 0 spiro atoms. The summed E-state index contributed by atoms with van der Waals surface area (Å²) in [7, 11) is -2.91. The molecule has 3 rings (SSSR count). The summed E-state index contributed by atoms with van der Waals surface area (Å²) in [6.07, 6.45) is 1.80. The summed E-state index contributed by atoms with van der Waals surface area (Å²) in [4.78, 5) is 22.3. The third-order valence-electron chi connectivity index (χ3n) is 4.15. The van der Waals surface area contributed by atoms with Gasteiger partial charge in [-0.25, -0.2) is 0 Å². The summed E-state index contributed by atoms with van der Waals surface area (Å²) in [6.45, 7) is 1.56. The Labute approximate surface area is 131 Å². The zero-order valence-electron chi connectivity index (χ0n) is 12.4. The van der Waals surface area contributed by atoms with Gasteiger partial charge in [-0.1, -0.05) is 0 Å². The number of hydrogen-bond donors (Lipinski definition) is 1. The van der Waals surface area contributed by atoms with E-state index in [1.165, 1.54) is 0 Å². The van der Waals surface area contributed by atoms with E-state index in [-0.39, 0.29) is 0 Å². The van der Waals surface area contributed by atoms with Crippen LogP contribution in [0.4, 0.5) is 11.4 Å². The van der Waals surface area contributed by atoms with Crippen LogP contribution in [0.1, 0.15) is 6.42 Å². The van der Waals surface area contributed by atoms with E-state index in [1.54, 1.807) is 0 Å². The average molecular weight is 316 g/mol. The van der Waals surface area contributed by atoms with Crippen LogP contribution in [0.2, 0.25) is 0 Å². The predicted molar refractivity (Wildman–Crippen MR) is 93.7 cm³/mol. The number of carbonyl (C=O) groups is 1. The summed E-state index contributed by atoms with van der Waals surface area (Å²) in [5.41, 5.74) is 2.06. The molecule has 0 radical (unpaired) electrons. The van der Waals surface area contributed by atoms with E-state index < -0.39 is 7.79 Å². The zero-order valence-corrected chi connectivity index (χ0v) is 13.4. The molecular formula is C17H21N2O2P. The number of aldehydes is 1. The molecule has 1 heterocycles. The van der Waals surface area contributed by atoms with Crippen LogP contribution < -0.4 is 9.34 Å². The first-order chi connectivity index (χ1) is 10.8. The van der Waals surface area contributed by atoms with Gasteiger partial charge in [0.1, 0.15) is 0 Å². The summed E-state index contributed by atoms with van der Waals surface area (Å²) in [5.74, 6) is 0. The number of carbonyl (C=O) groups excluding carboxylic acids is 1. The summed E-state index contributed by atoms with van der Waals surface area (Å²) >= 11 is 0. The Hall–Kier alpha value is -1.90. The van der Waals surface area contributed by atoms with Crippen LogP contribution in [0.15, 0.2) is 60.7 Å². The third-order valence-corrected chi connectivity index (χ3v) is 7.80. The van der Waals surface area contributed by atoms with E-state index in [0.29, 0.717) is 12.6 Å².